The molecule has 0 heterocycles. The topological polar surface area (TPSA) is 30.5 Å². The molecule has 1 N–H and O–H groups in total. The maximum absolute atomic E-state index is 5.68. The van der Waals surface area contributed by atoms with Gasteiger partial charge in [0.25, 0.3) is 0 Å². The molecule has 3 nitrogen and oxygen atoms in total. The van der Waals surface area contributed by atoms with Crippen LogP contribution in [0.5, 0.6) is 5.75 Å². The summed E-state index contributed by atoms with van der Waals surface area (Å²) in [4.78, 5) is 0. The van der Waals surface area contributed by atoms with Crippen LogP contribution >= 0.6 is 0 Å². The van der Waals surface area contributed by atoms with E-state index in [9.17, 15) is 0 Å². The van der Waals surface area contributed by atoms with E-state index in [0.29, 0.717) is 0 Å². The smallest absolute Gasteiger partial charge is 0.119 e. The van der Waals surface area contributed by atoms with E-state index >= 15 is 0 Å². The largest absolute Gasteiger partial charge is 0.494 e. The molecule has 0 bridgehead atoms. The summed E-state index contributed by atoms with van der Waals surface area (Å²) in [6, 6.07) is 8.31. The lowest BCUT2D eigenvalue weighted by molar-refractivity contribution is 0.117. The molecular formula is C16H27NO2. The molecule has 1 rings (SSSR count). The second kappa shape index (κ2) is 9.82. The van der Waals surface area contributed by atoms with E-state index in [2.05, 4.69) is 31.3 Å². The molecule has 0 amide bonds. The lowest BCUT2D eigenvalue weighted by Crippen LogP contribution is -2.25. The average Bonchev–Trinajstić information content (AvgIpc) is 2.45. The third-order valence-corrected chi connectivity index (χ3v) is 3.10. The van der Waals surface area contributed by atoms with Crippen molar-refractivity contribution in [2.45, 2.75) is 45.8 Å². The third-order valence-electron chi connectivity index (χ3n) is 3.10. The van der Waals surface area contributed by atoms with Gasteiger partial charge in [0.15, 0.2) is 0 Å². The van der Waals surface area contributed by atoms with Gasteiger partial charge in [-0.05, 0) is 31.0 Å². The predicted molar refractivity (Wildman–Crippen MR) is 79.6 cm³/mol. The Morgan fingerprint density at radius 1 is 1.16 bits per heavy atom. The SMILES string of the molecule is CCCCCOc1ccc(CNCC(C)OC)cc1. The first-order valence-corrected chi connectivity index (χ1v) is 7.21. The van der Waals surface area contributed by atoms with Crippen molar-refractivity contribution in [1.82, 2.24) is 5.32 Å². The summed E-state index contributed by atoms with van der Waals surface area (Å²) < 4.78 is 10.9. The number of rotatable bonds is 10. The summed E-state index contributed by atoms with van der Waals surface area (Å²) >= 11 is 0. The molecule has 0 spiro atoms. The van der Waals surface area contributed by atoms with Crippen LogP contribution in [0.1, 0.15) is 38.7 Å². The monoisotopic (exact) mass is 265 g/mol. The first-order valence-electron chi connectivity index (χ1n) is 7.21. The van der Waals surface area contributed by atoms with E-state index in [1.54, 1.807) is 7.11 Å². The number of methoxy groups -OCH3 is 1. The molecule has 0 radical (unpaired) electrons. The Bertz CT molecular complexity index is 324. The van der Waals surface area contributed by atoms with Gasteiger partial charge < -0.3 is 14.8 Å². The molecule has 108 valence electrons. The molecule has 0 saturated carbocycles. The molecule has 0 fully saturated rings. The summed E-state index contributed by atoms with van der Waals surface area (Å²) in [6.45, 7) is 6.80. The van der Waals surface area contributed by atoms with Gasteiger partial charge in [-0.3, -0.25) is 0 Å². The van der Waals surface area contributed by atoms with Crippen LogP contribution in [0.15, 0.2) is 24.3 Å². The highest BCUT2D eigenvalue weighted by atomic mass is 16.5. The lowest BCUT2D eigenvalue weighted by Gasteiger charge is -2.11. The normalized spacial score (nSPS) is 12.4. The van der Waals surface area contributed by atoms with Crippen LogP contribution in [0.3, 0.4) is 0 Å². The van der Waals surface area contributed by atoms with Crippen LogP contribution in [-0.2, 0) is 11.3 Å². The number of nitrogens with one attached hydrogen (secondary N) is 1. The molecule has 1 atom stereocenters. The molecule has 1 aromatic rings. The molecule has 0 aliphatic heterocycles. The maximum atomic E-state index is 5.68. The maximum Gasteiger partial charge on any atom is 0.119 e. The van der Waals surface area contributed by atoms with Crippen molar-refractivity contribution in [3.05, 3.63) is 29.8 Å². The Morgan fingerprint density at radius 2 is 1.89 bits per heavy atom. The molecule has 1 unspecified atom stereocenters. The molecular weight excluding hydrogens is 238 g/mol. The zero-order valence-electron chi connectivity index (χ0n) is 12.4. The minimum absolute atomic E-state index is 0.251. The highest BCUT2D eigenvalue weighted by Gasteiger charge is 1.99. The number of hydrogen-bond acceptors (Lipinski definition) is 3. The number of unbranched alkanes of at least 4 members (excludes halogenated alkanes) is 2. The number of benzene rings is 1. The van der Waals surface area contributed by atoms with Crippen molar-refractivity contribution in [2.24, 2.45) is 0 Å². The molecule has 19 heavy (non-hydrogen) atoms. The summed E-state index contributed by atoms with van der Waals surface area (Å²) in [6.07, 6.45) is 3.85. The fourth-order valence-electron chi connectivity index (χ4n) is 1.75. The van der Waals surface area contributed by atoms with Crippen LogP contribution in [-0.4, -0.2) is 26.4 Å². The Kier molecular flexibility index (Phi) is 8.26. The molecule has 0 saturated heterocycles. The first-order chi connectivity index (χ1) is 9.26. The Labute approximate surface area is 117 Å². The molecule has 1 aromatic carbocycles. The Morgan fingerprint density at radius 3 is 2.53 bits per heavy atom. The predicted octanol–water partition coefficient (Wildman–Crippen LogP) is 3.38. The molecule has 0 aliphatic carbocycles. The van der Waals surface area contributed by atoms with Crippen molar-refractivity contribution in [2.75, 3.05) is 20.3 Å². The van der Waals surface area contributed by atoms with Crippen molar-refractivity contribution in [3.8, 4) is 5.75 Å². The molecule has 0 aromatic heterocycles. The minimum atomic E-state index is 0.251. The summed E-state index contributed by atoms with van der Waals surface area (Å²) in [5.41, 5.74) is 1.27. The van der Waals surface area contributed by atoms with Gasteiger partial charge in [0, 0.05) is 20.2 Å². The quantitative estimate of drug-likeness (QED) is 0.658. The van der Waals surface area contributed by atoms with Crippen LogP contribution in [0.25, 0.3) is 0 Å². The van der Waals surface area contributed by atoms with Crippen LogP contribution in [0.2, 0.25) is 0 Å². The zero-order valence-corrected chi connectivity index (χ0v) is 12.4. The molecule has 3 heteroatoms. The van der Waals surface area contributed by atoms with Crippen LogP contribution < -0.4 is 10.1 Å². The van der Waals surface area contributed by atoms with E-state index in [-0.39, 0.29) is 6.10 Å². The van der Waals surface area contributed by atoms with E-state index in [1.807, 2.05) is 12.1 Å². The van der Waals surface area contributed by atoms with E-state index < -0.39 is 0 Å². The molecule has 0 aliphatic rings. The van der Waals surface area contributed by atoms with E-state index in [1.165, 1.54) is 18.4 Å². The fraction of sp³-hybridized carbons (Fsp3) is 0.625. The fourth-order valence-corrected chi connectivity index (χ4v) is 1.75. The summed E-state index contributed by atoms with van der Waals surface area (Å²) in [7, 11) is 1.73. The van der Waals surface area contributed by atoms with Gasteiger partial charge in [-0.1, -0.05) is 31.9 Å². The second-order valence-corrected chi connectivity index (χ2v) is 4.88. The van der Waals surface area contributed by atoms with Crippen molar-refractivity contribution in [1.29, 1.82) is 0 Å². The van der Waals surface area contributed by atoms with Crippen LogP contribution in [0.4, 0.5) is 0 Å². The van der Waals surface area contributed by atoms with Crippen molar-refractivity contribution < 1.29 is 9.47 Å². The van der Waals surface area contributed by atoms with Gasteiger partial charge in [-0.2, -0.15) is 0 Å². The standard InChI is InChI=1S/C16H27NO2/c1-4-5-6-11-19-16-9-7-15(8-10-16)13-17-12-14(2)18-3/h7-10,14,17H,4-6,11-13H2,1-3H3. The summed E-state index contributed by atoms with van der Waals surface area (Å²) in [5.74, 6) is 0.963. The second-order valence-electron chi connectivity index (χ2n) is 4.88. The Balaban J connectivity index is 2.23. The van der Waals surface area contributed by atoms with Crippen molar-refractivity contribution >= 4 is 0 Å². The number of ether oxygens (including phenoxy) is 2. The highest BCUT2D eigenvalue weighted by molar-refractivity contribution is 5.27. The number of hydrogen-bond donors (Lipinski definition) is 1. The summed E-state index contributed by atoms with van der Waals surface area (Å²) in [5, 5.41) is 3.37. The van der Waals surface area contributed by atoms with Gasteiger partial charge in [0.05, 0.1) is 12.7 Å². The first kappa shape index (κ1) is 16.0. The van der Waals surface area contributed by atoms with Crippen molar-refractivity contribution in [3.63, 3.8) is 0 Å². The van der Waals surface area contributed by atoms with Crippen LogP contribution in [0, 0.1) is 0 Å². The third kappa shape index (κ3) is 7.19. The Hall–Kier alpha value is -1.06. The van der Waals surface area contributed by atoms with Gasteiger partial charge >= 0.3 is 0 Å². The van der Waals surface area contributed by atoms with Gasteiger partial charge in [-0.15, -0.1) is 0 Å². The minimum Gasteiger partial charge on any atom is -0.494 e. The highest BCUT2D eigenvalue weighted by Crippen LogP contribution is 2.12. The van der Waals surface area contributed by atoms with Gasteiger partial charge in [0.1, 0.15) is 5.75 Å². The van der Waals surface area contributed by atoms with E-state index in [4.69, 9.17) is 9.47 Å². The lowest BCUT2D eigenvalue weighted by atomic mass is 10.2. The zero-order chi connectivity index (χ0) is 13.9. The van der Waals surface area contributed by atoms with Gasteiger partial charge in [0.2, 0.25) is 0 Å². The van der Waals surface area contributed by atoms with Gasteiger partial charge in [-0.25, -0.2) is 0 Å². The average molecular weight is 265 g/mol. The van der Waals surface area contributed by atoms with E-state index in [0.717, 1.165) is 31.9 Å².